The molecule has 3 heteroatoms. The highest BCUT2D eigenvalue weighted by atomic mass is 79.9. The van der Waals surface area contributed by atoms with E-state index >= 15 is 0 Å². The van der Waals surface area contributed by atoms with E-state index in [0.717, 1.165) is 28.9 Å². The fourth-order valence-electron chi connectivity index (χ4n) is 3.31. The van der Waals surface area contributed by atoms with Crippen molar-refractivity contribution >= 4 is 32.9 Å². The van der Waals surface area contributed by atoms with Gasteiger partial charge in [0.15, 0.2) is 0 Å². The fraction of sp³-hybridized carbons (Fsp3) is 0.185. The zero-order chi connectivity index (χ0) is 21.3. The summed E-state index contributed by atoms with van der Waals surface area (Å²) in [6, 6.07) is 27.4. The van der Waals surface area contributed by atoms with Gasteiger partial charge in [-0.2, -0.15) is 0 Å². The minimum absolute atomic E-state index is 0.929. The number of benzene rings is 3. The highest BCUT2D eigenvalue weighted by Crippen LogP contribution is 2.24. The lowest BCUT2D eigenvalue weighted by molar-refractivity contribution is 0.356. The summed E-state index contributed by atoms with van der Waals surface area (Å²) in [5.74, 6) is 0. The fourth-order valence-corrected chi connectivity index (χ4v) is 3.71. The summed E-state index contributed by atoms with van der Waals surface area (Å²) in [6.45, 7) is 8.46. The Morgan fingerprint density at radius 1 is 0.867 bits per heavy atom. The van der Waals surface area contributed by atoms with Gasteiger partial charge in [0.2, 0.25) is 0 Å². The van der Waals surface area contributed by atoms with Crippen LogP contribution in [0.3, 0.4) is 0 Å². The topological polar surface area (TPSA) is 15.3 Å². The van der Waals surface area contributed by atoms with E-state index in [2.05, 4.69) is 126 Å². The average Bonchev–Trinajstić information content (AvgIpc) is 2.76. The quantitative estimate of drug-likeness (QED) is 0.342. The Balaban J connectivity index is 1.72. The van der Waals surface area contributed by atoms with Gasteiger partial charge in [-0.3, -0.25) is 0 Å². The Kier molecular flexibility index (Phi) is 7.92. The monoisotopic (exact) mass is 460 g/mol. The van der Waals surface area contributed by atoms with E-state index in [0.29, 0.717) is 0 Å². The second-order valence-corrected chi connectivity index (χ2v) is 8.29. The first-order valence-electron chi connectivity index (χ1n) is 10.3. The molecule has 0 heterocycles. The number of halogens is 1. The van der Waals surface area contributed by atoms with Gasteiger partial charge in [0.05, 0.1) is 0 Å². The molecule has 3 rings (SSSR count). The molecule has 0 unspecified atom stereocenters. The van der Waals surface area contributed by atoms with Gasteiger partial charge < -0.3 is 10.2 Å². The van der Waals surface area contributed by atoms with Crippen LogP contribution in [0.15, 0.2) is 101 Å². The molecule has 0 aliphatic rings. The van der Waals surface area contributed by atoms with Crippen LogP contribution in [0, 0.1) is 0 Å². The molecule has 0 aliphatic carbocycles. The minimum atomic E-state index is 0.929. The molecule has 0 spiro atoms. The lowest BCUT2D eigenvalue weighted by Crippen LogP contribution is -2.20. The van der Waals surface area contributed by atoms with Crippen molar-refractivity contribution in [3.05, 3.63) is 112 Å². The van der Waals surface area contributed by atoms with Gasteiger partial charge in [-0.05, 0) is 73.9 Å². The van der Waals surface area contributed by atoms with Crippen molar-refractivity contribution in [2.45, 2.75) is 27.3 Å². The van der Waals surface area contributed by atoms with E-state index in [9.17, 15) is 0 Å². The summed E-state index contributed by atoms with van der Waals surface area (Å²) in [5, 5.41) is 3.48. The molecule has 1 N–H and O–H groups in total. The van der Waals surface area contributed by atoms with Crippen LogP contribution in [0.1, 0.15) is 31.9 Å². The van der Waals surface area contributed by atoms with Crippen molar-refractivity contribution in [2.24, 2.45) is 0 Å². The maximum atomic E-state index is 3.53. The molecule has 0 amide bonds. The zero-order valence-electron chi connectivity index (χ0n) is 17.9. The zero-order valence-corrected chi connectivity index (χ0v) is 19.5. The van der Waals surface area contributed by atoms with E-state index in [1.807, 2.05) is 12.1 Å². The summed E-state index contributed by atoms with van der Waals surface area (Å²) in [4.78, 5) is 2.39. The van der Waals surface area contributed by atoms with Crippen LogP contribution >= 0.6 is 15.9 Å². The number of hydrogen-bond donors (Lipinski definition) is 1. The van der Waals surface area contributed by atoms with E-state index in [-0.39, 0.29) is 0 Å². The molecule has 3 aromatic carbocycles. The van der Waals surface area contributed by atoms with Gasteiger partial charge in [0.1, 0.15) is 0 Å². The summed E-state index contributed by atoms with van der Waals surface area (Å²) >= 11 is 3.53. The van der Waals surface area contributed by atoms with Crippen LogP contribution in [0.4, 0.5) is 11.4 Å². The Hall–Kier alpha value is -2.78. The number of nitrogens with one attached hydrogen (secondary N) is 1. The second kappa shape index (κ2) is 10.8. The van der Waals surface area contributed by atoms with Crippen LogP contribution in [-0.4, -0.2) is 11.4 Å². The normalized spacial score (nSPS) is 12.0. The van der Waals surface area contributed by atoms with E-state index in [1.54, 1.807) is 0 Å². The van der Waals surface area contributed by atoms with E-state index < -0.39 is 0 Å². The molecule has 0 saturated heterocycles. The Bertz CT molecular complexity index is 1020. The molecule has 0 atom stereocenters. The first-order valence-corrected chi connectivity index (χ1v) is 11.1. The van der Waals surface area contributed by atoms with Gasteiger partial charge >= 0.3 is 0 Å². The number of nitrogens with zero attached hydrogens (tertiary/aromatic N) is 1. The second-order valence-electron chi connectivity index (χ2n) is 7.37. The third-order valence-corrected chi connectivity index (χ3v) is 5.60. The molecule has 0 fully saturated rings. The largest absolute Gasteiger partial charge is 0.371 e. The third-order valence-electron chi connectivity index (χ3n) is 5.10. The maximum absolute atomic E-state index is 3.53. The Morgan fingerprint density at radius 2 is 1.57 bits per heavy atom. The van der Waals surface area contributed by atoms with Crippen LogP contribution in [-0.2, 0) is 6.54 Å². The van der Waals surface area contributed by atoms with E-state index in [4.69, 9.17) is 0 Å². The highest BCUT2D eigenvalue weighted by Gasteiger charge is 2.04. The molecule has 3 aromatic rings. The molecule has 0 bridgehead atoms. The highest BCUT2D eigenvalue weighted by molar-refractivity contribution is 9.10. The predicted molar refractivity (Wildman–Crippen MR) is 134 cm³/mol. The summed E-state index contributed by atoms with van der Waals surface area (Å²) < 4.78 is 1.07. The Morgan fingerprint density at radius 3 is 2.27 bits per heavy atom. The number of anilines is 2. The molecule has 30 heavy (non-hydrogen) atoms. The SMILES string of the molecule is CCN(Cc1ccccc1)/C(C)=C/C=C(\C)c1cccc(Nc2cccc(Br)c2)c1. The minimum Gasteiger partial charge on any atom is -0.371 e. The van der Waals surface area contributed by atoms with Crippen molar-refractivity contribution in [3.8, 4) is 0 Å². The van der Waals surface area contributed by atoms with Crippen molar-refractivity contribution < 1.29 is 0 Å². The van der Waals surface area contributed by atoms with Crippen LogP contribution in [0.2, 0.25) is 0 Å². The molecule has 154 valence electrons. The number of allylic oxidation sites excluding steroid dienone is 4. The maximum Gasteiger partial charge on any atom is 0.0426 e. The van der Waals surface area contributed by atoms with Gasteiger partial charge in [0, 0.05) is 34.6 Å². The third kappa shape index (κ3) is 6.36. The van der Waals surface area contributed by atoms with Crippen LogP contribution in [0.5, 0.6) is 0 Å². The van der Waals surface area contributed by atoms with Gasteiger partial charge in [-0.15, -0.1) is 0 Å². The smallest absolute Gasteiger partial charge is 0.0426 e. The summed E-state index contributed by atoms with van der Waals surface area (Å²) in [7, 11) is 0. The number of rotatable bonds is 8. The van der Waals surface area contributed by atoms with Crippen molar-refractivity contribution in [3.63, 3.8) is 0 Å². The summed E-state index contributed by atoms with van der Waals surface area (Å²) in [5.41, 5.74) is 7.20. The average molecular weight is 461 g/mol. The standard InChI is InChI=1S/C27H29BrN2/c1-4-30(20-23-10-6-5-7-11-23)22(3)17-16-21(2)24-12-8-14-26(18-24)29-27-15-9-13-25(28)19-27/h5-19,29H,4,20H2,1-3H3/b21-16+,22-17+. The molecule has 0 aliphatic heterocycles. The Labute approximate surface area is 189 Å². The lowest BCUT2D eigenvalue weighted by Gasteiger charge is -2.23. The molecule has 0 radical (unpaired) electrons. The van der Waals surface area contributed by atoms with Gasteiger partial charge in [-0.25, -0.2) is 0 Å². The van der Waals surface area contributed by atoms with Crippen LogP contribution < -0.4 is 5.32 Å². The van der Waals surface area contributed by atoms with Crippen molar-refractivity contribution in [1.82, 2.24) is 4.90 Å². The number of hydrogen-bond acceptors (Lipinski definition) is 2. The van der Waals surface area contributed by atoms with Gasteiger partial charge in [-0.1, -0.05) is 70.5 Å². The van der Waals surface area contributed by atoms with Crippen molar-refractivity contribution in [2.75, 3.05) is 11.9 Å². The lowest BCUT2D eigenvalue weighted by atomic mass is 10.1. The predicted octanol–water partition coefficient (Wildman–Crippen LogP) is 8.02. The first kappa shape index (κ1) is 21.9. The molecule has 0 aromatic heterocycles. The van der Waals surface area contributed by atoms with Crippen molar-refractivity contribution in [1.29, 1.82) is 0 Å². The van der Waals surface area contributed by atoms with E-state index in [1.165, 1.54) is 22.4 Å². The molecule has 2 nitrogen and oxygen atoms in total. The first-order chi connectivity index (χ1) is 14.5. The molecule has 0 saturated carbocycles. The molecular weight excluding hydrogens is 432 g/mol. The molecular formula is C27H29BrN2. The van der Waals surface area contributed by atoms with Crippen LogP contribution in [0.25, 0.3) is 5.57 Å². The van der Waals surface area contributed by atoms with Gasteiger partial charge in [0.25, 0.3) is 0 Å². The summed E-state index contributed by atoms with van der Waals surface area (Å²) in [6.07, 6.45) is 4.43.